The third-order valence-electron chi connectivity index (χ3n) is 6.20. The maximum atomic E-state index is 13.0. The van der Waals surface area contributed by atoms with Gasteiger partial charge in [-0.25, -0.2) is 0 Å². The first kappa shape index (κ1) is 24.6. The molecule has 0 fully saturated rings. The van der Waals surface area contributed by atoms with Crippen LogP contribution in [0.2, 0.25) is 0 Å². The highest BCUT2D eigenvalue weighted by Gasteiger charge is 2.38. The molecule has 35 heavy (non-hydrogen) atoms. The van der Waals surface area contributed by atoms with Gasteiger partial charge in [-0.3, -0.25) is 9.59 Å². The van der Waals surface area contributed by atoms with E-state index >= 15 is 0 Å². The van der Waals surface area contributed by atoms with Crippen molar-refractivity contribution in [3.05, 3.63) is 81.0 Å². The van der Waals surface area contributed by atoms with Crippen LogP contribution in [0.5, 0.6) is 5.75 Å². The summed E-state index contributed by atoms with van der Waals surface area (Å²) >= 11 is 1.29. The average molecular weight is 488 g/mol. The van der Waals surface area contributed by atoms with Crippen LogP contribution in [0.15, 0.2) is 64.3 Å². The minimum atomic E-state index is -0.517. The van der Waals surface area contributed by atoms with E-state index in [-0.39, 0.29) is 17.4 Å². The van der Waals surface area contributed by atoms with Gasteiger partial charge >= 0.3 is 0 Å². The van der Waals surface area contributed by atoms with Crippen LogP contribution in [0.1, 0.15) is 48.8 Å². The molecule has 2 aromatic rings. The fraction of sp³-hybridized carbons (Fsp3) is 0.321. The van der Waals surface area contributed by atoms with Gasteiger partial charge in [0.1, 0.15) is 5.75 Å². The lowest BCUT2D eigenvalue weighted by Gasteiger charge is -2.33. The molecular formula is C28H29N3O3S. The maximum Gasteiger partial charge on any atom is 0.234 e. The zero-order valence-corrected chi connectivity index (χ0v) is 21.1. The number of carbonyl (C=O) groups is 2. The number of allylic oxidation sites excluding steroid dienone is 3. The van der Waals surface area contributed by atoms with Crippen molar-refractivity contribution in [2.75, 3.05) is 17.7 Å². The molecule has 4 rings (SSSR count). The van der Waals surface area contributed by atoms with Crippen LogP contribution in [-0.2, 0) is 9.59 Å². The topological polar surface area (TPSA) is 91.2 Å². The number of hydrogen-bond donors (Lipinski definition) is 2. The van der Waals surface area contributed by atoms with Gasteiger partial charge in [0.05, 0.1) is 34.9 Å². The summed E-state index contributed by atoms with van der Waals surface area (Å²) in [7, 11) is 0. The molecule has 2 aliphatic rings. The molecule has 180 valence electrons. The number of nitrogens with one attached hydrogen (secondary N) is 2. The highest BCUT2D eigenvalue weighted by atomic mass is 32.2. The number of ether oxygens (including phenoxy) is 1. The van der Waals surface area contributed by atoms with Crippen molar-refractivity contribution >= 4 is 29.1 Å². The van der Waals surface area contributed by atoms with E-state index in [1.165, 1.54) is 11.8 Å². The number of para-hydroxylation sites is 1. The van der Waals surface area contributed by atoms with Crippen LogP contribution in [0.3, 0.4) is 0 Å². The van der Waals surface area contributed by atoms with Gasteiger partial charge in [-0.15, -0.1) is 0 Å². The summed E-state index contributed by atoms with van der Waals surface area (Å²) in [5.74, 6) is 0.185. The first-order valence-electron chi connectivity index (χ1n) is 11.8. The summed E-state index contributed by atoms with van der Waals surface area (Å²) in [6.45, 7) is 6.36. The number of nitriles is 1. The van der Waals surface area contributed by atoms with Crippen molar-refractivity contribution in [2.24, 2.45) is 0 Å². The van der Waals surface area contributed by atoms with Crippen molar-refractivity contribution in [3.63, 3.8) is 0 Å². The summed E-state index contributed by atoms with van der Waals surface area (Å²) in [5, 5.41) is 17.1. The monoisotopic (exact) mass is 487 g/mol. The van der Waals surface area contributed by atoms with Gasteiger partial charge < -0.3 is 15.4 Å². The number of anilines is 1. The Labute approximate surface area is 210 Å². The molecule has 0 saturated carbocycles. The summed E-state index contributed by atoms with van der Waals surface area (Å²) < 4.78 is 5.86. The molecule has 0 unspecified atom stereocenters. The first-order chi connectivity index (χ1) is 16.9. The number of thioether (sulfide) groups is 1. The zero-order chi connectivity index (χ0) is 24.9. The summed E-state index contributed by atoms with van der Waals surface area (Å²) in [4.78, 5) is 25.8. The molecule has 0 radical (unpaired) electrons. The summed E-state index contributed by atoms with van der Waals surface area (Å²) in [5.41, 5.74) is 5.63. The molecule has 1 amide bonds. The first-order valence-corrected chi connectivity index (χ1v) is 12.8. The van der Waals surface area contributed by atoms with Crippen LogP contribution < -0.4 is 15.4 Å². The molecule has 7 heteroatoms. The number of carbonyl (C=O) groups excluding carboxylic acids is 2. The second-order valence-corrected chi connectivity index (χ2v) is 9.69. The van der Waals surface area contributed by atoms with E-state index in [4.69, 9.17) is 4.74 Å². The number of benzene rings is 2. The quantitative estimate of drug-likeness (QED) is 0.536. The highest BCUT2D eigenvalue weighted by Crippen LogP contribution is 2.46. The smallest absolute Gasteiger partial charge is 0.234 e. The summed E-state index contributed by atoms with van der Waals surface area (Å²) in [6, 6.07) is 15.8. The predicted octanol–water partition coefficient (Wildman–Crippen LogP) is 5.50. The fourth-order valence-electron chi connectivity index (χ4n) is 4.63. The Balaban J connectivity index is 1.65. The number of rotatable bonds is 7. The number of dihydropyridines is 1. The Morgan fingerprint density at radius 2 is 2.03 bits per heavy atom. The number of ketones is 1. The molecule has 0 aromatic heterocycles. The van der Waals surface area contributed by atoms with Crippen LogP contribution in [0.25, 0.3) is 0 Å². The third kappa shape index (κ3) is 5.28. The Morgan fingerprint density at radius 1 is 1.23 bits per heavy atom. The zero-order valence-electron chi connectivity index (χ0n) is 20.2. The number of aryl methyl sites for hydroxylation is 2. The fourth-order valence-corrected chi connectivity index (χ4v) is 5.49. The van der Waals surface area contributed by atoms with Gasteiger partial charge in [0.15, 0.2) is 5.78 Å². The molecule has 6 nitrogen and oxygen atoms in total. The third-order valence-corrected chi connectivity index (χ3v) is 7.21. The Kier molecular flexibility index (Phi) is 7.62. The highest BCUT2D eigenvalue weighted by molar-refractivity contribution is 8.03. The van der Waals surface area contributed by atoms with Gasteiger partial charge in [0, 0.05) is 28.9 Å². The SMILES string of the molecule is CCOc1ccccc1[C@@H]1C(C#N)=C(SCC(=O)Nc2ccc(C)cc2C)NC2=C1C(=O)CCC2. The molecular weight excluding hydrogens is 458 g/mol. The Hall–Kier alpha value is -3.50. The molecule has 1 heterocycles. The van der Waals surface area contributed by atoms with Crippen LogP contribution in [-0.4, -0.2) is 24.1 Å². The van der Waals surface area contributed by atoms with Crippen LogP contribution in [0, 0.1) is 25.2 Å². The van der Waals surface area contributed by atoms with Crippen molar-refractivity contribution in [1.29, 1.82) is 5.26 Å². The van der Waals surface area contributed by atoms with Crippen molar-refractivity contribution < 1.29 is 14.3 Å². The van der Waals surface area contributed by atoms with Crippen LogP contribution in [0.4, 0.5) is 5.69 Å². The van der Waals surface area contributed by atoms with E-state index in [1.807, 2.05) is 63.2 Å². The van der Waals surface area contributed by atoms with E-state index in [0.29, 0.717) is 35.0 Å². The lowest BCUT2D eigenvalue weighted by molar-refractivity contribution is -0.116. The summed E-state index contributed by atoms with van der Waals surface area (Å²) in [6.07, 6.45) is 1.96. The lowest BCUT2D eigenvalue weighted by Crippen LogP contribution is -2.32. The minimum absolute atomic E-state index is 0.0550. The van der Waals surface area contributed by atoms with Gasteiger partial charge in [-0.05, 0) is 51.3 Å². The van der Waals surface area contributed by atoms with Gasteiger partial charge in [0.2, 0.25) is 5.91 Å². The van der Waals surface area contributed by atoms with Crippen molar-refractivity contribution in [1.82, 2.24) is 5.32 Å². The van der Waals surface area contributed by atoms with E-state index in [2.05, 4.69) is 16.7 Å². The van der Waals surface area contributed by atoms with Crippen LogP contribution >= 0.6 is 11.8 Å². The van der Waals surface area contributed by atoms with E-state index in [0.717, 1.165) is 40.9 Å². The van der Waals surface area contributed by atoms with E-state index < -0.39 is 5.92 Å². The van der Waals surface area contributed by atoms with Gasteiger partial charge in [-0.1, -0.05) is 47.7 Å². The van der Waals surface area contributed by atoms with E-state index in [1.54, 1.807) is 0 Å². The number of nitrogens with zero attached hydrogens (tertiary/aromatic N) is 1. The molecule has 1 atom stereocenters. The second kappa shape index (κ2) is 10.8. The average Bonchev–Trinajstić information content (AvgIpc) is 2.84. The number of hydrogen-bond acceptors (Lipinski definition) is 6. The molecule has 0 saturated heterocycles. The normalized spacial score (nSPS) is 17.4. The molecule has 0 bridgehead atoms. The van der Waals surface area contributed by atoms with E-state index in [9.17, 15) is 14.9 Å². The second-order valence-electron chi connectivity index (χ2n) is 8.71. The minimum Gasteiger partial charge on any atom is -0.494 e. The van der Waals surface area contributed by atoms with Crippen molar-refractivity contribution in [2.45, 2.75) is 46.0 Å². The molecule has 2 aromatic carbocycles. The number of Topliss-reactive ketones (excluding diaryl/α,β-unsaturated/α-hetero) is 1. The van der Waals surface area contributed by atoms with Gasteiger partial charge in [0.25, 0.3) is 0 Å². The predicted molar refractivity (Wildman–Crippen MR) is 139 cm³/mol. The van der Waals surface area contributed by atoms with Gasteiger partial charge in [-0.2, -0.15) is 5.26 Å². The largest absolute Gasteiger partial charge is 0.494 e. The molecule has 1 aliphatic heterocycles. The molecule has 1 aliphatic carbocycles. The molecule has 2 N–H and O–H groups in total. The maximum absolute atomic E-state index is 13.0. The molecule has 0 spiro atoms. The standard InChI is InChI=1S/C28H29N3O3S/c1-4-34-24-11-6-5-8-19(24)26-20(15-29)28(31-22-9-7-10-23(32)27(22)26)35-16-25(33)30-21-13-12-17(2)14-18(21)3/h5-6,8,11-14,26,31H,4,7,9-10,16H2,1-3H3,(H,30,33)/t26-/m1/s1. The number of amides is 1. The Morgan fingerprint density at radius 3 is 2.77 bits per heavy atom. The Bertz CT molecular complexity index is 1270. The van der Waals surface area contributed by atoms with Crippen molar-refractivity contribution in [3.8, 4) is 11.8 Å². The lowest BCUT2D eigenvalue weighted by atomic mass is 9.76.